The van der Waals surface area contributed by atoms with E-state index >= 15 is 0 Å². The van der Waals surface area contributed by atoms with Gasteiger partial charge in [-0.15, -0.1) is 0 Å². The number of esters is 1. The molecule has 0 N–H and O–H groups in total. The summed E-state index contributed by atoms with van der Waals surface area (Å²) >= 11 is 0. The van der Waals surface area contributed by atoms with E-state index < -0.39 is 0 Å². The fourth-order valence-electron chi connectivity index (χ4n) is 2.58. The van der Waals surface area contributed by atoms with Gasteiger partial charge < -0.3 is 4.74 Å². The third-order valence-corrected chi connectivity index (χ3v) is 3.93. The van der Waals surface area contributed by atoms with Gasteiger partial charge in [0.05, 0.1) is 6.42 Å². The normalized spacial score (nSPS) is 44.2. The SMILES string of the molecule is C[C@H]1C[C@H]2OC(=O)CC2C1(C)C. The second-order valence-corrected chi connectivity index (χ2v) is 4.80. The van der Waals surface area contributed by atoms with Crippen molar-refractivity contribution in [1.29, 1.82) is 0 Å². The topological polar surface area (TPSA) is 26.3 Å². The number of rotatable bonds is 0. The van der Waals surface area contributed by atoms with Gasteiger partial charge in [0.1, 0.15) is 6.10 Å². The molecule has 0 spiro atoms. The molecule has 0 bridgehead atoms. The monoisotopic (exact) mass is 168 g/mol. The van der Waals surface area contributed by atoms with Crippen LogP contribution in [0.25, 0.3) is 0 Å². The van der Waals surface area contributed by atoms with E-state index in [-0.39, 0.29) is 17.5 Å². The van der Waals surface area contributed by atoms with Crippen molar-refractivity contribution < 1.29 is 9.53 Å². The second-order valence-electron chi connectivity index (χ2n) is 4.80. The molecule has 0 aromatic carbocycles. The minimum Gasteiger partial charge on any atom is -0.462 e. The lowest BCUT2D eigenvalue weighted by Gasteiger charge is -2.28. The Labute approximate surface area is 73.3 Å². The fourth-order valence-corrected chi connectivity index (χ4v) is 2.58. The maximum atomic E-state index is 11.0. The zero-order valence-corrected chi connectivity index (χ0v) is 7.96. The van der Waals surface area contributed by atoms with Crippen LogP contribution in [0.5, 0.6) is 0 Å². The van der Waals surface area contributed by atoms with Gasteiger partial charge in [-0.1, -0.05) is 20.8 Å². The molecule has 1 heterocycles. The van der Waals surface area contributed by atoms with E-state index in [4.69, 9.17) is 4.74 Å². The minimum atomic E-state index is 0.00461. The molecule has 0 aromatic heterocycles. The van der Waals surface area contributed by atoms with Gasteiger partial charge in [0.25, 0.3) is 0 Å². The van der Waals surface area contributed by atoms with Crippen molar-refractivity contribution in [3.8, 4) is 0 Å². The standard InChI is InChI=1S/C10H16O2/c1-6-4-8-7(10(6,2)3)5-9(11)12-8/h6-8H,4-5H2,1-3H3/t6-,7?,8+/m0/s1. The molecular weight excluding hydrogens is 152 g/mol. The van der Waals surface area contributed by atoms with Crippen LogP contribution in [0, 0.1) is 17.3 Å². The van der Waals surface area contributed by atoms with Crippen LogP contribution in [0.3, 0.4) is 0 Å². The number of hydrogen-bond donors (Lipinski definition) is 0. The highest BCUT2D eigenvalue weighted by Crippen LogP contribution is 2.52. The van der Waals surface area contributed by atoms with Gasteiger partial charge in [-0.05, 0) is 17.8 Å². The summed E-state index contributed by atoms with van der Waals surface area (Å²) in [6, 6.07) is 0. The van der Waals surface area contributed by atoms with Crippen molar-refractivity contribution in [2.75, 3.05) is 0 Å². The average molecular weight is 168 g/mol. The van der Waals surface area contributed by atoms with Crippen molar-refractivity contribution in [3.63, 3.8) is 0 Å². The largest absolute Gasteiger partial charge is 0.462 e. The Morgan fingerprint density at radius 1 is 1.50 bits per heavy atom. The summed E-state index contributed by atoms with van der Waals surface area (Å²) in [5.41, 5.74) is 0.289. The number of hydrogen-bond acceptors (Lipinski definition) is 2. The van der Waals surface area contributed by atoms with E-state index in [1.807, 2.05) is 0 Å². The molecule has 2 heteroatoms. The average Bonchev–Trinajstić information content (AvgIpc) is 2.38. The Morgan fingerprint density at radius 3 is 2.75 bits per heavy atom. The van der Waals surface area contributed by atoms with Gasteiger partial charge in [-0.2, -0.15) is 0 Å². The Balaban J connectivity index is 2.23. The van der Waals surface area contributed by atoms with E-state index in [2.05, 4.69) is 20.8 Å². The van der Waals surface area contributed by atoms with Crippen LogP contribution in [-0.4, -0.2) is 12.1 Å². The predicted molar refractivity (Wildman–Crippen MR) is 45.5 cm³/mol. The molecular formula is C10H16O2. The van der Waals surface area contributed by atoms with Crippen LogP contribution in [-0.2, 0) is 9.53 Å². The van der Waals surface area contributed by atoms with E-state index in [1.54, 1.807) is 0 Å². The van der Waals surface area contributed by atoms with Gasteiger partial charge in [-0.3, -0.25) is 4.79 Å². The van der Waals surface area contributed by atoms with Crippen molar-refractivity contribution in [3.05, 3.63) is 0 Å². The molecule has 1 unspecified atom stereocenters. The molecule has 0 aromatic rings. The second kappa shape index (κ2) is 2.24. The van der Waals surface area contributed by atoms with Gasteiger partial charge in [0.2, 0.25) is 0 Å². The molecule has 3 atom stereocenters. The van der Waals surface area contributed by atoms with Crippen LogP contribution in [0.1, 0.15) is 33.6 Å². The van der Waals surface area contributed by atoms with Gasteiger partial charge in [0, 0.05) is 5.92 Å². The Bertz CT molecular complexity index is 220. The molecule has 2 fully saturated rings. The van der Waals surface area contributed by atoms with E-state index in [9.17, 15) is 4.79 Å². The molecule has 1 saturated carbocycles. The van der Waals surface area contributed by atoms with Crippen LogP contribution in [0.15, 0.2) is 0 Å². The molecule has 1 saturated heterocycles. The lowest BCUT2D eigenvalue weighted by Crippen LogP contribution is -2.24. The van der Waals surface area contributed by atoms with Crippen molar-refractivity contribution in [2.24, 2.45) is 17.3 Å². The molecule has 0 radical (unpaired) electrons. The van der Waals surface area contributed by atoms with Gasteiger partial charge in [-0.25, -0.2) is 0 Å². The third kappa shape index (κ3) is 0.900. The highest BCUT2D eigenvalue weighted by molar-refractivity contribution is 5.72. The quantitative estimate of drug-likeness (QED) is 0.517. The molecule has 68 valence electrons. The smallest absolute Gasteiger partial charge is 0.306 e. The van der Waals surface area contributed by atoms with Crippen LogP contribution in [0.2, 0.25) is 0 Å². The molecule has 2 nitrogen and oxygen atoms in total. The Hall–Kier alpha value is -0.530. The first-order valence-electron chi connectivity index (χ1n) is 4.71. The van der Waals surface area contributed by atoms with Crippen LogP contribution >= 0.6 is 0 Å². The maximum Gasteiger partial charge on any atom is 0.306 e. The summed E-state index contributed by atoms with van der Waals surface area (Å²) < 4.78 is 5.25. The summed E-state index contributed by atoms with van der Waals surface area (Å²) in [5.74, 6) is 1.16. The zero-order valence-electron chi connectivity index (χ0n) is 7.96. The lowest BCUT2D eigenvalue weighted by molar-refractivity contribution is -0.141. The van der Waals surface area contributed by atoms with Crippen molar-refractivity contribution >= 4 is 5.97 Å². The Morgan fingerprint density at radius 2 is 2.17 bits per heavy atom. The first kappa shape index (κ1) is 8.09. The summed E-state index contributed by atoms with van der Waals surface area (Å²) in [6.45, 7) is 6.76. The number of fused-ring (bicyclic) bond motifs is 1. The summed E-state index contributed by atoms with van der Waals surface area (Å²) in [6.07, 6.45) is 1.92. The highest BCUT2D eigenvalue weighted by atomic mass is 16.6. The third-order valence-electron chi connectivity index (χ3n) is 3.93. The minimum absolute atomic E-state index is 0.00461. The number of ether oxygens (including phenoxy) is 1. The van der Waals surface area contributed by atoms with Gasteiger partial charge in [0.15, 0.2) is 0 Å². The molecule has 2 aliphatic rings. The molecule has 12 heavy (non-hydrogen) atoms. The van der Waals surface area contributed by atoms with Crippen molar-refractivity contribution in [1.82, 2.24) is 0 Å². The first-order chi connectivity index (χ1) is 5.51. The lowest BCUT2D eigenvalue weighted by atomic mass is 9.75. The van der Waals surface area contributed by atoms with Gasteiger partial charge >= 0.3 is 5.97 Å². The number of carbonyl (C=O) groups is 1. The first-order valence-corrected chi connectivity index (χ1v) is 4.71. The van der Waals surface area contributed by atoms with E-state index in [1.165, 1.54) is 0 Å². The summed E-state index contributed by atoms with van der Waals surface area (Å²) in [7, 11) is 0. The molecule has 1 aliphatic carbocycles. The fraction of sp³-hybridized carbons (Fsp3) is 0.900. The number of carbonyl (C=O) groups excluding carboxylic acids is 1. The van der Waals surface area contributed by atoms with Crippen LogP contribution < -0.4 is 0 Å². The predicted octanol–water partition coefficient (Wildman–Crippen LogP) is 1.98. The van der Waals surface area contributed by atoms with E-state index in [0.717, 1.165) is 6.42 Å². The molecule has 0 amide bonds. The Kier molecular flexibility index (Phi) is 1.51. The zero-order chi connectivity index (χ0) is 8.93. The van der Waals surface area contributed by atoms with E-state index in [0.29, 0.717) is 18.3 Å². The van der Waals surface area contributed by atoms with Crippen LogP contribution in [0.4, 0.5) is 0 Å². The van der Waals surface area contributed by atoms with Crippen molar-refractivity contribution in [2.45, 2.75) is 39.7 Å². The molecule has 1 aliphatic heterocycles. The summed E-state index contributed by atoms with van der Waals surface area (Å²) in [5, 5.41) is 0. The molecule has 2 rings (SSSR count). The maximum absolute atomic E-state index is 11.0. The summed E-state index contributed by atoms with van der Waals surface area (Å²) in [4.78, 5) is 11.0. The highest BCUT2D eigenvalue weighted by Gasteiger charge is 2.52.